The van der Waals surface area contributed by atoms with Crippen molar-refractivity contribution in [1.82, 2.24) is 29.0 Å². The van der Waals surface area contributed by atoms with Crippen molar-refractivity contribution in [3.8, 4) is 29.2 Å². The molecule has 2 aliphatic heterocycles. The summed E-state index contributed by atoms with van der Waals surface area (Å²) in [6.07, 6.45) is 6.07. The largest absolute Gasteiger partial charge is 0.494 e. The quantitative estimate of drug-likeness (QED) is 0.244. The Bertz CT molecular complexity index is 2160. The molecule has 2 bridgehead atoms. The molecular weight excluding hydrogens is 618 g/mol. The fraction of sp³-hybridized carbons (Fsp3) is 0.432. The molecule has 2 unspecified atom stereocenters. The van der Waals surface area contributed by atoms with Crippen molar-refractivity contribution in [3.05, 3.63) is 59.9 Å². The molecule has 2 N–H and O–H groups in total. The maximum Gasteiger partial charge on any atom is 0.254 e. The third kappa shape index (κ3) is 4.90. The number of fused-ring (bicyclic) bond motifs is 4. The van der Waals surface area contributed by atoms with Crippen LogP contribution in [-0.4, -0.2) is 80.8 Å². The number of hydrogen-bond donors (Lipinski definition) is 1. The Kier molecular flexibility index (Phi) is 7.02. The molecule has 250 valence electrons. The van der Waals surface area contributed by atoms with E-state index in [4.69, 9.17) is 25.2 Å². The summed E-state index contributed by atoms with van der Waals surface area (Å²) in [7, 11) is 3.30. The zero-order valence-corrected chi connectivity index (χ0v) is 27.7. The first-order chi connectivity index (χ1) is 23.9. The van der Waals surface area contributed by atoms with E-state index >= 15 is 0 Å². The number of hydrogen-bond acceptors (Lipinski definition) is 9. The van der Waals surface area contributed by atoms with E-state index in [0.717, 1.165) is 71.7 Å². The van der Waals surface area contributed by atoms with Gasteiger partial charge < -0.3 is 34.1 Å². The molecule has 4 aromatic heterocycles. The number of benzene rings is 1. The lowest BCUT2D eigenvalue weighted by Crippen LogP contribution is -2.49. The summed E-state index contributed by atoms with van der Waals surface area (Å²) >= 11 is 0. The predicted octanol–water partition coefficient (Wildman–Crippen LogP) is 4.44. The Hall–Kier alpha value is -5.15. The molecule has 49 heavy (non-hydrogen) atoms. The van der Waals surface area contributed by atoms with Crippen molar-refractivity contribution in [2.45, 2.75) is 50.9 Å². The Morgan fingerprint density at radius 3 is 2.53 bits per heavy atom. The van der Waals surface area contributed by atoms with Gasteiger partial charge in [-0.2, -0.15) is 10.2 Å². The number of amides is 1. The average molecular weight is 658 g/mol. The summed E-state index contributed by atoms with van der Waals surface area (Å²) in [5, 5.41) is 10.7. The molecule has 0 spiro atoms. The number of piperidine rings is 1. The van der Waals surface area contributed by atoms with Gasteiger partial charge in [0, 0.05) is 73.9 Å². The fourth-order valence-corrected chi connectivity index (χ4v) is 8.36. The van der Waals surface area contributed by atoms with Crippen molar-refractivity contribution in [3.63, 3.8) is 0 Å². The van der Waals surface area contributed by atoms with Crippen LogP contribution in [0.4, 0.5) is 5.69 Å². The Balaban J connectivity index is 1.15. The first kappa shape index (κ1) is 29.9. The summed E-state index contributed by atoms with van der Waals surface area (Å²) in [5.74, 6) is 3.24. The van der Waals surface area contributed by atoms with Crippen LogP contribution in [0, 0.1) is 29.1 Å². The molecule has 1 amide bonds. The minimum Gasteiger partial charge on any atom is -0.494 e. The van der Waals surface area contributed by atoms with Gasteiger partial charge in [-0.3, -0.25) is 4.79 Å². The highest BCUT2D eigenvalue weighted by Gasteiger charge is 2.47. The minimum atomic E-state index is -0.0162. The molecule has 5 aromatic rings. The number of carbonyl (C=O) groups excluding carboxylic acids is 1. The fourth-order valence-electron chi connectivity index (χ4n) is 8.36. The maximum absolute atomic E-state index is 14.0. The predicted molar refractivity (Wildman–Crippen MR) is 184 cm³/mol. The number of aromatic nitrogens is 5. The van der Waals surface area contributed by atoms with E-state index in [-0.39, 0.29) is 23.9 Å². The van der Waals surface area contributed by atoms with Crippen molar-refractivity contribution >= 4 is 33.7 Å². The second-order valence-corrected chi connectivity index (χ2v) is 14.1. The van der Waals surface area contributed by atoms with Gasteiger partial charge in [0.15, 0.2) is 11.5 Å². The summed E-state index contributed by atoms with van der Waals surface area (Å²) in [6, 6.07) is 16.1. The molecule has 2 saturated carbocycles. The van der Waals surface area contributed by atoms with Gasteiger partial charge in [-0.05, 0) is 73.9 Å². The molecule has 6 heterocycles. The Morgan fingerprint density at radius 1 is 0.980 bits per heavy atom. The number of methoxy groups -OCH3 is 2. The summed E-state index contributed by atoms with van der Waals surface area (Å²) in [6.45, 7) is 3.78. The van der Waals surface area contributed by atoms with Crippen LogP contribution < -0.4 is 20.1 Å². The number of rotatable bonds is 9. The number of likely N-dealkylation sites (tertiary alicyclic amines) is 1. The zero-order valence-electron chi connectivity index (χ0n) is 27.7. The van der Waals surface area contributed by atoms with Gasteiger partial charge in [0.2, 0.25) is 5.88 Å². The molecule has 12 heteroatoms. The Morgan fingerprint density at radius 2 is 1.82 bits per heavy atom. The number of imidazole rings is 1. The van der Waals surface area contributed by atoms with Crippen molar-refractivity contribution in [1.29, 1.82) is 5.26 Å². The number of nitrogens with zero attached hydrogens (tertiary/aromatic N) is 8. The van der Waals surface area contributed by atoms with Gasteiger partial charge in [0.05, 0.1) is 31.1 Å². The highest BCUT2D eigenvalue weighted by atomic mass is 16.5. The lowest BCUT2D eigenvalue weighted by molar-refractivity contribution is 0.0700. The lowest BCUT2D eigenvalue weighted by Gasteiger charge is -2.41. The number of carbonyl (C=O) groups is 1. The molecule has 0 radical (unpaired) electrons. The zero-order chi connectivity index (χ0) is 33.4. The van der Waals surface area contributed by atoms with Crippen LogP contribution in [0.15, 0.2) is 48.7 Å². The molecule has 4 aliphatic rings. The third-order valence-electron chi connectivity index (χ3n) is 11.1. The molecule has 12 nitrogen and oxygen atoms in total. The van der Waals surface area contributed by atoms with E-state index in [0.29, 0.717) is 47.8 Å². The van der Waals surface area contributed by atoms with Crippen LogP contribution in [0.1, 0.15) is 41.7 Å². The molecule has 2 saturated heterocycles. The topological polar surface area (TPSA) is 140 Å². The van der Waals surface area contributed by atoms with Crippen molar-refractivity contribution in [2.24, 2.45) is 23.5 Å². The highest BCUT2D eigenvalue weighted by Crippen LogP contribution is 2.41. The van der Waals surface area contributed by atoms with Crippen LogP contribution in [0.3, 0.4) is 0 Å². The molecule has 4 fully saturated rings. The molecule has 3 atom stereocenters. The number of nitriles is 1. The number of ether oxygens (including phenoxy) is 2. The number of pyridine rings is 2. The van der Waals surface area contributed by atoms with Crippen LogP contribution >= 0.6 is 0 Å². The van der Waals surface area contributed by atoms with Crippen LogP contribution in [0.25, 0.3) is 33.6 Å². The standard InChI is InChI=1S/C37H39N9O3/c1-48-31-14-25(37(47)45-20-24-7-9-29(45)33(24)39)12-26-34(31)46(19-22-16-43(17-22)28-4-3-11-40-27(28)15-38)36(41-26)30-13-23-8-10-32(49-2)42-35(23)44(30)18-21-5-6-21/h3-4,8,10-14,21-22,24,29,33H,5-7,9,16-20,39H2,1-2H3/t24?,29?,33-/m1/s1. The van der Waals surface area contributed by atoms with Crippen molar-refractivity contribution < 1.29 is 14.3 Å². The summed E-state index contributed by atoms with van der Waals surface area (Å²) < 4.78 is 16.1. The van der Waals surface area contributed by atoms with E-state index in [2.05, 4.69) is 37.2 Å². The molecular formula is C37H39N9O3. The molecule has 1 aromatic carbocycles. The Labute approximate surface area is 284 Å². The number of nitrogens with two attached hydrogens (primary N) is 1. The highest BCUT2D eigenvalue weighted by molar-refractivity contribution is 6.00. The first-order valence-electron chi connectivity index (χ1n) is 17.2. The van der Waals surface area contributed by atoms with Crippen LogP contribution in [-0.2, 0) is 13.1 Å². The van der Waals surface area contributed by atoms with E-state index in [1.807, 2.05) is 35.2 Å². The summed E-state index contributed by atoms with van der Waals surface area (Å²) in [5.41, 5.74) is 11.8. The third-order valence-corrected chi connectivity index (χ3v) is 11.1. The van der Waals surface area contributed by atoms with Gasteiger partial charge in [-0.15, -0.1) is 0 Å². The monoisotopic (exact) mass is 657 g/mol. The second-order valence-electron chi connectivity index (χ2n) is 14.1. The number of anilines is 1. The van der Waals surface area contributed by atoms with Gasteiger partial charge in [0.25, 0.3) is 5.91 Å². The normalized spacial score (nSPS) is 21.8. The second kappa shape index (κ2) is 11.5. The van der Waals surface area contributed by atoms with Gasteiger partial charge >= 0.3 is 0 Å². The van der Waals surface area contributed by atoms with Crippen molar-refractivity contribution in [2.75, 3.05) is 38.8 Å². The van der Waals surface area contributed by atoms with E-state index < -0.39 is 0 Å². The average Bonchev–Trinajstić information content (AvgIpc) is 3.48. The summed E-state index contributed by atoms with van der Waals surface area (Å²) in [4.78, 5) is 32.6. The first-order valence-corrected chi connectivity index (χ1v) is 17.2. The van der Waals surface area contributed by atoms with E-state index in [9.17, 15) is 10.1 Å². The van der Waals surface area contributed by atoms with Crippen LogP contribution in [0.5, 0.6) is 11.6 Å². The SMILES string of the molecule is COc1ccc2cc(-c3nc4cc(C(=O)N5CC6CCC5[C@@H]6N)cc(OC)c4n3CC3CN(c4cccnc4C#N)C3)n(CC3CC3)c2n1. The molecule has 2 aliphatic carbocycles. The van der Waals surface area contributed by atoms with E-state index in [1.54, 1.807) is 20.4 Å². The molecule has 9 rings (SSSR count). The minimum absolute atomic E-state index is 0.0162. The van der Waals surface area contributed by atoms with Gasteiger partial charge in [0.1, 0.15) is 23.0 Å². The van der Waals surface area contributed by atoms with Gasteiger partial charge in [-0.1, -0.05) is 0 Å². The van der Waals surface area contributed by atoms with E-state index in [1.165, 1.54) is 12.8 Å². The van der Waals surface area contributed by atoms with Crippen LogP contribution in [0.2, 0.25) is 0 Å². The lowest BCUT2D eigenvalue weighted by atomic mass is 9.98. The smallest absolute Gasteiger partial charge is 0.254 e. The van der Waals surface area contributed by atoms with Gasteiger partial charge in [-0.25, -0.2) is 9.97 Å². The maximum atomic E-state index is 14.0.